The first-order valence-electron chi connectivity index (χ1n) is 6.85. The fourth-order valence-corrected chi connectivity index (χ4v) is 2.05. The van der Waals surface area contributed by atoms with Crippen molar-refractivity contribution in [2.75, 3.05) is 7.11 Å². The zero-order chi connectivity index (χ0) is 16.2. The van der Waals surface area contributed by atoms with E-state index in [9.17, 15) is 18.3 Å². The number of nitrogens with two attached hydrogens (primary N) is 1. The summed E-state index contributed by atoms with van der Waals surface area (Å²) in [4.78, 5) is 0. The molecule has 0 aliphatic heterocycles. The normalized spacial score (nSPS) is 15.1. The molecule has 0 heterocycles. The second-order valence-electron chi connectivity index (χ2n) is 5.52. The summed E-state index contributed by atoms with van der Waals surface area (Å²) in [7, 11) is 1.28. The van der Waals surface area contributed by atoms with Crippen LogP contribution < -0.4 is 10.5 Å². The van der Waals surface area contributed by atoms with Crippen LogP contribution >= 0.6 is 0 Å². The van der Waals surface area contributed by atoms with E-state index in [2.05, 4.69) is 0 Å². The third-order valence-electron chi connectivity index (χ3n) is 3.37. The maximum Gasteiger partial charge on any atom is 0.416 e. The van der Waals surface area contributed by atoms with Gasteiger partial charge >= 0.3 is 6.18 Å². The molecule has 0 radical (unpaired) electrons. The minimum Gasteiger partial charge on any atom is -0.496 e. The van der Waals surface area contributed by atoms with Crippen molar-refractivity contribution in [2.24, 2.45) is 11.7 Å². The van der Waals surface area contributed by atoms with Crippen molar-refractivity contribution in [3.63, 3.8) is 0 Å². The van der Waals surface area contributed by atoms with Gasteiger partial charge in [0.2, 0.25) is 0 Å². The minimum absolute atomic E-state index is 0.0425. The lowest BCUT2D eigenvalue weighted by Gasteiger charge is -2.22. The van der Waals surface area contributed by atoms with Gasteiger partial charge in [0.1, 0.15) is 5.75 Å². The molecule has 6 heteroatoms. The molecule has 3 N–H and O–H groups in total. The average molecular weight is 305 g/mol. The number of benzene rings is 1. The van der Waals surface area contributed by atoms with Crippen LogP contribution in [0.5, 0.6) is 5.75 Å². The third kappa shape index (κ3) is 4.89. The van der Waals surface area contributed by atoms with Crippen LogP contribution in [0, 0.1) is 5.92 Å². The highest BCUT2D eigenvalue weighted by molar-refractivity contribution is 5.41. The Hall–Kier alpha value is -1.27. The Morgan fingerprint density at radius 2 is 1.86 bits per heavy atom. The molecule has 0 saturated carbocycles. The molecule has 2 atom stereocenters. The molecule has 0 spiro atoms. The van der Waals surface area contributed by atoms with Gasteiger partial charge in [-0.2, -0.15) is 13.2 Å². The van der Waals surface area contributed by atoms with E-state index in [1.165, 1.54) is 13.2 Å². The third-order valence-corrected chi connectivity index (χ3v) is 3.37. The predicted octanol–water partition coefficient (Wildman–Crippen LogP) is 3.51. The monoisotopic (exact) mass is 305 g/mol. The van der Waals surface area contributed by atoms with E-state index in [-0.39, 0.29) is 5.75 Å². The highest BCUT2D eigenvalue weighted by Gasteiger charge is 2.32. The summed E-state index contributed by atoms with van der Waals surface area (Å²) in [6, 6.07) is 2.35. The fourth-order valence-electron chi connectivity index (χ4n) is 2.05. The van der Waals surface area contributed by atoms with Crippen LogP contribution in [0.15, 0.2) is 18.2 Å². The van der Waals surface area contributed by atoms with Crippen molar-refractivity contribution in [1.82, 2.24) is 0 Å². The lowest BCUT2D eigenvalue weighted by molar-refractivity contribution is -0.137. The van der Waals surface area contributed by atoms with E-state index in [0.29, 0.717) is 17.9 Å². The number of alkyl halides is 3. The molecular weight excluding hydrogens is 283 g/mol. The largest absolute Gasteiger partial charge is 0.496 e. The molecule has 0 unspecified atom stereocenters. The number of hydrogen-bond donors (Lipinski definition) is 2. The van der Waals surface area contributed by atoms with E-state index in [1.807, 2.05) is 13.8 Å². The van der Waals surface area contributed by atoms with Crippen molar-refractivity contribution in [1.29, 1.82) is 0 Å². The van der Waals surface area contributed by atoms with E-state index >= 15 is 0 Å². The zero-order valence-electron chi connectivity index (χ0n) is 12.4. The summed E-state index contributed by atoms with van der Waals surface area (Å²) in [6.07, 6.45) is -3.98. The molecule has 1 rings (SSSR count). The summed E-state index contributed by atoms with van der Waals surface area (Å²) in [5.41, 5.74) is 5.53. The first kappa shape index (κ1) is 17.8. The lowest BCUT2D eigenvalue weighted by Crippen LogP contribution is -2.27. The molecular formula is C15H22F3NO2. The van der Waals surface area contributed by atoms with Gasteiger partial charge in [0.15, 0.2) is 0 Å². The standard InChI is InChI=1S/C15H22F3NO2/c1-9(2)4-7-12(20)14(19)11-6-5-10(15(16,17)18)8-13(11)21-3/h5-6,8-9,12,14,20H,4,7,19H2,1-3H3/t12-,14+/m1/s1. The molecule has 1 aromatic carbocycles. The second-order valence-corrected chi connectivity index (χ2v) is 5.52. The Labute approximate surface area is 122 Å². The number of methoxy groups -OCH3 is 1. The maximum atomic E-state index is 12.7. The van der Waals surface area contributed by atoms with E-state index < -0.39 is 23.9 Å². The Kier molecular flexibility index (Phi) is 6.04. The Morgan fingerprint density at radius 3 is 2.33 bits per heavy atom. The maximum absolute atomic E-state index is 12.7. The summed E-state index contributed by atoms with van der Waals surface area (Å²) in [5.74, 6) is 0.460. The molecule has 21 heavy (non-hydrogen) atoms. The first-order valence-corrected chi connectivity index (χ1v) is 6.85. The van der Waals surface area contributed by atoms with E-state index in [4.69, 9.17) is 10.5 Å². The summed E-state index contributed by atoms with van der Waals surface area (Å²) >= 11 is 0. The fraction of sp³-hybridized carbons (Fsp3) is 0.600. The van der Waals surface area contributed by atoms with Crippen LogP contribution in [0.4, 0.5) is 13.2 Å². The van der Waals surface area contributed by atoms with Gasteiger partial charge in [0.25, 0.3) is 0 Å². The molecule has 0 bridgehead atoms. The smallest absolute Gasteiger partial charge is 0.416 e. The van der Waals surface area contributed by atoms with Crippen LogP contribution in [0.1, 0.15) is 43.9 Å². The lowest BCUT2D eigenvalue weighted by atomic mass is 9.94. The van der Waals surface area contributed by atoms with Gasteiger partial charge in [-0.3, -0.25) is 0 Å². The SMILES string of the molecule is COc1cc(C(F)(F)F)ccc1[C@H](N)[C@H](O)CCC(C)C. The van der Waals surface area contributed by atoms with Gasteiger partial charge < -0.3 is 15.6 Å². The molecule has 0 saturated heterocycles. The van der Waals surface area contributed by atoms with Crippen molar-refractivity contribution >= 4 is 0 Å². The Balaban J connectivity index is 2.96. The van der Waals surface area contributed by atoms with Gasteiger partial charge in [-0.15, -0.1) is 0 Å². The topological polar surface area (TPSA) is 55.5 Å². The number of hydrogen-bond acceptors (Lipinski definition) is 3. The first-order chi connectivity index (χ1) is 9.66. The van der Waals surface area contributed by atoms with E-state index in [0.717, 1.165) is 18.6 Å². The predicted molar refractivity (Wildman–Crippen MR) is 75.0 cm³/mol. The van der Waals surface area contributed by atoms with Crippen LogP contribution in [0.2, 0.25) is 0 Å². The molecule has 0 aliphatic carbocycles. The Bertz CT molecular complexity index is 461. The van der Waals surface area contributed by atoms with Crippen LogP contribution in [-0.4, -0.2) is 18.3 Å². The Morgan fingerprint density at radius 1 is 1.24 bits per heavy atom. The second kappa shape index (κ2) is 7.13. The minimum atomic E-state index is -4.44. The quantitative estimate of drug-likeness (QED) is 0.845. The van der Waals surface area contributed by atoms with Gasteiger partial charge in [0.05, 0.1) is 24.8 Å². The number of aliphatic hydroxyl groups excluding tert-OH is 1. The van der Waals surface area contributed by atoms with Gasteiger partial charge in [0, 0.05) is 5.56 Å². The number of rotatable bonds is 6. The van der Waals surface area contributed by atoms with Crippen LogP contribution in [0.25, 0.3) is 0 Å². The van der Waals surface area contributed by atoms with Crippen molar-refractivity contribution < 1.29 is 23.0 Å². The number of halogens is 3. The molecule has 1 aromatic rings. The zero-order valence-corrected chi connectivity index (χ0v) is 12.4. The van der Waals surface area contributed by atoms with Crippen molar-refractivity contribution in [2.45, 2.75) is 45.0 Å². The van der Waals surface area contributed by atoms with Crippen LogP contribution in [0.3, 0.4) is 0 Å². The van der Waals surface area contributed by atoms with Gasteiger partial charge in [-0.05, 0) is 30.9 Å². The van der Waals surface area contributed by atoms with E-state index in [1.54, 1.807) is 0 Å². The van der Waals surface area contributed by atoms with Gasteiger partial charge in [-0.25, -0.2) is 0 Å². The van der Waals surface area contributed by atoms with Crippen LogP contribution in [-0.2, 0) is 6.18 Å². The summed E-state index contributed by atoms with van der Waals surface area (Å²) in [5, 5.41) is 10.1. The molecule has 0 aliphatic rings. The summed E-state index contributed by atoms with van der Waals surface area (Å²) in [6.45, 7) is 4.05. The summed E-state index contributed by atoms with van der Waals surface area (Å²) < 4.78 is 43.0. The van der Waals surface area contributed by atoms with Crippen molar-refractivity contribution in [3.8, 4) is 5.75 Å². The molecule has 3 nitrogen and oxygen atoms in total. The number of ether oxygens (including phenoxy) is 1. The molecule has 0 aromatic heterocycles. The molecule has 120 valence electrons. The van der Waals surface area contributed by atoms with Crippen molar-refractivity contribution in [3.05, 3.63) is 29.3 Å². The average Bonchev–Trinajstić information content (AvgIpc) is 2.42. The molecule has 0 amide bonds. The van der Waals surface area contributed by atoms with Gasteiger partial charge in [-0.1, -0.05) is 19.9 Å². The number of aliphatic hydroxyl groups is 1. The highest BCUT2D eigenvalue weighted by atomic mass is 19.4. The molecule has 0 fully saturated rings. The highest BCUT2D eigenvalue weighted by Crippen LogP contribution is 2.35.